The Bertz CT molecular complexity index is 828. The lowest BCUT2D eigenvalue weighted by Gasteiger charge is -2.41. The minimum atomic E-state index is -0.401. The molecule has 1 atom stereocenters. The van der Waals surface area contributed by atoms with E-state index in [0.29, 0.717) is 11.9 Å². The molecule has 1 aromatic carbocycles. The molecule has 2 aromatic rings. The average molecular weight is 399 g/mol. The van der Waals surface area contributed by atoms with E-state index >= 15 is 0 Å². The van der Waals surface area contributed by atoms with Gasteiger partial charge in [-0.05, 0) is 32.4 Å². The number of benzene rings is 1. The SMILES string of the molecule is CCOCCN1CCN(c2cc(C)nc(-c3ccc([N+](=O)[O-])cc3)n2)CC1CC. The van der Waals surface area contributed by atoms with Gasteiger partial charge in [-0.15, -0.1) is 0 Å². The molecular formula is C21H29N5O3. The van der Waals surface area contributed by atoms with E-state index in [1.54, 1.807) is 12.1 Å². The van der Waals surface area contributed by atoms with E-state index in [4.69, 9.17) is 9.72 Å². The fourth-order valence-corrected chi connectivity index (χ4v) is 3.68. The second kappa shape index (κ2) is 9.76. The molecule has 0 spiro atoms. The van der Waals surface area contributed by atoms with Crippen molar-refractivity contribution < 1.29 is 9.66 Å². The summed E-state index contributed by atoms with van der Waals surface area (Å²) in [5.41, 5.74) is 1.73. The molecule has 1 saturated heterocycles. The maximum Gasteiger partial charge on any atom is 0.269 e. The molecule has 8 nitrogen and oxygen atoms in total. The van der Waals surface area contributed by atoms with Gasteiger partial charge in [0.25, 0.3) is 5.69 Å². The lowest BCUT2D eigenvalue weighted by Crippen LogP contribution is -2.54. The van der Waals surface area contributed by atoms with E-state index in [-0.39, 0.29) is 5.69 Å². The van der Waals surface area contributed by atoms with Gasteiger partial charge in [0.1, 0.15) is 5.82 Å². The van der Waals surface area contributed by atoms with E-state index in [9.17, 15) is 10.1 Å². The maximum atomic E-state index is 10.9. The monoisotopic (exact) mass is 399 g/mol. The van der Waals surface area contributed by atoms with Gasteiger partial charge in [-0.2, -0.15) is 0 Å². The molecule has 1 aliphatic heterocycles. The lowest BCUT2D eigenvalue weighted by molar-refractivity contribution is -0.384. The third-order valence-corrected chi connectivity index (χ3v) is 5.30. The summed E-state index contributed by atoms with van der Waals surface area (Å²) in [4.78, 5) is 24.6. The third kappa shape index (κ3) is 5.27. The van der Waals surface area contributed by atoms with Gasteiger partial charge >= 0.3 is 0 Å². The van der Waals surface area contributed by atoms with Crippen molar-refractivity contribution >= 4 is 11.5 Å². The summed E-state index contributed by atoms with van der Waals surface area (Å²) in [6.07, 6.45) is 1.07. The molecule has 1 fully saturated rings. The highest BCUT2D eigenvalue weighted by Crippen LogP contribution is 2.24. The number of nitrogens with zero attached hydrogens (tertiary/aromatic N) is 5. The maximum absolute atomic E-state index is 10.9. The van der Waals surface area contributed by atoms with Crippen molar-refractivity contribution in [2.45, 2.75) is 33.2 Å². The topological polar surface area (TPSA) is 84.6 Å². The summed E-state index contributed by atoms with van der Waals surface area (Å²) in [5, 5.41) is 10.9. The first kappa shape index (κ1) is 21.1. The smallest absolute Gasteiger partial charge is 0.269 e. The number of non-ortho nitro benzene ring substituents is 1. The van der Waals surface area contributed by atoms with Gasteiger partial charge in [0.05, 0.1) is 11.5 Å². The van der Waals surface area contributed by atoms with Crippen LogP contribution in [-0.2, 0) is 4.74 Å². The molecule has 156 valence electrons. The van der Waals surface area contributed by atoms with Crippen molar-refractivity contribution in [2.24, 2.45) is 0 Å². The molecule has 0 saturated carbocycles. The van der Waals surface area contributed by atoms with Crippen LogP contribution in [0.2, 0.25) is 0 Å². The number of rotatable bonds is 8. The molecule has 0 N–H and O–H groups in total. The predicted molar refractivity (Wildman–Crippen MR) is 113 cm³/mol. The Labute approximate surface area is 171 Å². The number of nitro benzene ring substituents is 1. The molecule has 1 aromatic heterocycles. The Morgan fingerprint density at radius 1 is 1.21 bits per heavy atom. The lowest BCUT2D eigenvalue weighted by atomic mass is 10.1. The highest BCUT2D eigenvalue weighted by atomic mass is 16.6. The molecule has 0 amide bonds. The number of hydrogen-bond donors (Lipinski definition) is 0. The molecule has 0 radical (unpaired) electrons. The fraction of sp³-hybridized carbons (Fsp3) is 0.524. The quantitative estimate of drug-likeness (QED) is 0.382. The molecule has 1 unspecified atom stereocenters. The van der Waals surface area contributed by atoms with Crippen LogP contribution in [-0.4, -0.2) is 65.2 Å². The Hall–Kier alpha value is -2.58. The van der Waals surface area contributed by atoms with Crippen LogP contribution in [0.5, 0.6) is 0 Å². The van der Waals surface area contributed by atoms with Gasteiger partial charge in [-0.25, -0.2) is 9.97 Å². The van der Waals surface area contributed by atoms with Crippen molar-refractivity contribution in [3.8, 4) is 11.4 Å². The number of hydrogen-bond acceptors (Lipinski definition) is 7. The molecule has 8 heteroatoms. The number of aryl methyl sites for hydroxylation is 1. The van der Waals surface area contributed by atoms with Crippen LogP contribution in [0.3, 0.4) is 0 Å². The summed E-state index contributed by atoms with van der Waals surface area (Å²) >= 11 is 0. The fourth-order valence-electron chi connectivity index (χ4n) is 3.68. The summed E-state index contributed by atoms with van der Waals surface area (Å²) in [5.74, 6) is 1.51. The summed E-state index contributed by atoms with van der Waals surface area (Å²) in [7, 11) is 0. The Morgan fingerprint density at radius 3 is 2.62 bits per heavy atom. The van der Waals surface area contributed by atoms with E-state index < -0.39 is 4.92 Å². The zero-order valence-electron chi connectivity index (χ0n) is 17.4. The molecular weight excluding hydrogens is 370 g/mol. The Balaban J connectivity index is 1.76. The van der Waals surface area contributed by atoms with Crippen LogP contribution < -0.4 is 4.90 Å². The van der Waals surface area contributed by atoms with Crippen LogP contribution in [0.25, 0.3) is 11.4 Å². The second-order valence-electron chi connectivity index (χ2n) is 7.24. The van der Waals surface area contributed by atoms with E-state index in [1.807, 2.05) is 19.9 Å². The molecule has 3 rings (SSSR count). The van der Waals surface area contributed by atoms with Crippen molar-refractivity contribution in [3.05, 3.63) is 46.1 Å². The van der Waals surface area contributed by atoms with Crippen LogP contribution in [0.4, 0.5) is 11.5 Å². The van der Waals surface area contributed by atoms with Gasteiger partial charge in [-0.3, -0.25) is 15.0 Å². The van der Waals surface area contributed by atoms with E-state index in [0.717, 1.165) is 62.9 Å². The number of nitro groups is 1. The van der Waals surface area contributed by atoms with Crippen molar-refractivity contribution in [1.82, 2.24) is 14.9 Å². The molecule has 1 aliphatic rings. The van der Waals surface area contributed by atoms with Crippen LogP contribution >= 0.6 is 0 Å². The normalized spacial score (nSPS) is 17.5. The zero-order valence-corrected chi connectivity index (χ0v) is 17.4. The van der Waals surface area contributed by atoms with Gasteiger partial charge in [-0.1, -0.05) is 6.92 Å². The van der Waals surface area contributed by atoms with Gasteiger partial charge in [0.2, 0.25) is 0 Å². The van der Waals surface area contributed by atoms with Crippen LogP contribution in [0.15, 0.2) is 30.3 Å². The summed E-state index contributed by atoms with van der Waals surface area (Å²) in [6.45, 7) is 11.5. The zero-order chi connectivity index (χ0) is 20.8. The van der Waals surface area contributed by atoms with Crippen LogP contribution in [0.1, 0.15) is 26.0 Å². The Morgan fingerprint density at radius 2 is 1.97 bits per heavy atom. The third-order valence-electron chi connectivity index (χ3n) is 5.30. The number of anilines is 1. The number of aromatic nitrogens is 2. The average Bonchev–Trinajstić information content (AvgIpc) is 2.73. The minimum absolute atomic E-state index is 0.0654. The molecule has 29 heavy (non-hydrogen) atoms. The van der Waals surface area contributed by atoms with E-state index in [1.165, 1.54) is 12.1 Å². The number of ether oxygens (including phenoxy) is 1. The minimum Gasteiger partial charge on any atom is -0.380 e. The van der Waals surface area contributed by atoms with Gasteiger partial charge < -0.3 is 9.64 Å². The number of piperazine rings is 1. The first-order valence-electron chi connectivity index (χ1n) is 10.2. The first-order chi connectivity index (χ1) is 14.0. The molecule has 2 heterocycles. The first-order valence-corrected chi connectivity index (χ1v) is 10.2. The summed E-state index contributed by atoms with van der Waals surface area (Å²) < 4.78 is 5.53. The van der Waals surface area contributed by atoms with Crippen LogP contribution in [0, 0.1) is 17.0 Å². The largest absolute Gasteiger partial charge is 0.380 e. The van der Waals surface area contributed by atoms with E-state index in [2.05, 4.69) is 21.7 Å². The predicted octanol–water partition coefficient (Wildman–Crippen LogP) is 3.30. The van der Waals surface area contributed by atoms with Crippen molar-refractivity contribution in [3.63, 3.8) is 0 Å². The molecule has 0 bridgehead atoms. The second-order valence-corrected chi connectivity index (χ2v) is 7.24. The Kier molecular flexibility index (Phi) is 7.11. The standard InChI is InChI=1S/C21H29N5O3/c1-4-18-15-25(11-10-24(18)12-13-29-5-2)20-14-16(3)22-21(23-20)17-6-8-19(9-7-17)26(27)28/h6-9,14,18H,4-5,10-13,15H2,1-3H3. The van der Waals surface area contributed by atoms with Crippen molar-refractivity contribution in [1.29, 1.82) is 0 Å². The highest BCUT2D eigenvalue weighted by molar-refractivity contribution is 5.60. The molecule has 0 aliphatic carbocycles. The highest BCUT2D eigenvalue weighted by Gasteiger charge is 2.26. The van der Waals surface area contributed by atoms with Crippen molar-refractivity contribution in [2.75, 3.05) is 44.3 Å². The summed E-state index contributed by atoms with van der Waals surface area (Å²) in [6, 6.07) is 8.87. The van der Waals surface area contributed by atoms with Gasteiger partial charge in [0, 0.05) is 68.3 Å². The van der Waals surface area contributed by atoms with Gasteiger partial charge in [0.15, 0.2) is 5.82 Å².